The molecule has 0 fully saturated rings. The Bertz CT molecular complexity index is 437. The summed E-state index contributed by atoms with van der Waals surface area (Å²) in [7, 11) is 0. The van der Waals surface area contributed by atoms with Gasteiger partial charge in [0.2, 0.25) is 0 Å². The lowest BCUT2D eigenvalue weighted by Crippen LogP contribution is -2.19. The van der Waals surface area contributed by atoms with Crippen molar-refractivity contribution in [2.24, 2.45) is 0 Å². The van der Waals surface area contributed by atoms with Crippen LogP contribution in [0.2, 0.25) is 5.02 Å². The first-order valence-electron chi connectivity index (χ1n) is 7.06. The largest absolute Gasteiger partial charge is 0.492 e. The van der Waals surface area contributed by atoms with E-state index in [1.54, 1.807) is 12.1 Å². The summed E-state index contributed by atoms with van der Waals surface area (Å²) in [4.78, 5) is 0. The Labute approximate surface area is 128 Å². The molecule has 1 atom stereocenters. The summed E-state index contributed by atoms with van der Waals surface area (Å²) >= 11 is 6.10. The molecule has 1 aromatic rings. The zero-order valence-electron chi connectivity index (χ0n) is 12.3. The predicted molar refractivity (Wildman–Crippen MR) is 78.9 cm³/mol. The number of hydrogen-bond donors (Lipinski definition) is 1. The molecule has 0 spiro atoms. The quantitative estimate of drug-likeness (QED) is 0.670. The summed E-state index contributed by atoms with van der Waals surface area (Å²) < 4.78 is 41.3. The first-order valence-corrected chi connectivity index (χ1v) is 7.43. The molecule has 0 saturated carbocycles. The molecule has 21 heavy (non-hydrogen) atoms. The van der Waals surface area contributed by atoms with Gasteiger partial charge in [-0.05, 0) is 44.0 Å². The van der Waals surface area contributed by atoms with E-state index in [-0.39, 0.29) is 19.1 Å². The van der Waals surface area contributed by atoms with E-state index in [0.29, 0.717) is 10.8 Å². The van der Waals surface area contributed by atoms with Crippen LogP contribution in [0.4, 0.5) is 13.2 Å². The van der Waals surface area contributed by atoms with E-state index < -0.39 is 12.6 Å². The van der Waals surface area contributed by atoms with Gasteiger partial charge in [-0.15, -0.1) is 0 Å². The Morgan fingerprint density at radius 2 is 2.05 bits per heavy atom. The van der Waals surface area contributed by atoms with Crippen molar-refractivity contribution >= 4 is 11.6 Å². The van der Waals surface area contributed by atoms with Gasteiger partial charge in [-0.25, -0.2) is 0 Å². The van der Waals surface area contributed by atoms with Crippen LogP contribution in [0, 0.1) is 0 Å². The van der Waals surface area contributed by atoms with E-state index in [0.717, 1.165) is 18.5 Å². The molecule has 2 nitrogen and oxygen atoms in total. The molecule has 0 aromatic heterocycles. The molecule has 0 aliphatic carbocycles. The van der Waals surface area contributed by atoms with Gasteiger partial charge >= 0.3 is 6.18 Å². The molecular formula is C15H21ClF3NO. The highest BCUT2D eigenvalue weighted by Crippen LogP contribution is 2.28. The number of benzene rings is 1. The Morgan fingerprint density at radius 1 is 1.33 bits per heavy atom. The first-order chi connectivity index (χ1) is 9.83. The van der Waals surface area contributed by atoms with Crippen molar-refractivity contribution in [1.82, 2.24) is 5.32 Å². The molecule has 0 bridgehead atoms. The number of alkyl halides is 3. The van der Waals surface area contributed by atoms with Crippen LogP contribution in [0.1, 0.15) is 44.7 Å². The van der Waals surface area contributed by atoms with E-state index in [1.807, 2.05) is 13.0 Å². The molecule has 1 rings (SSSR count). The van der Waals surface area contributed by atoms with E-state index in [4.69, 9.17) is 16.3 Å². The number of hydrogen-bond acceptors (Lipinski definition) is 2. The second-order valence-corrected chi connectivity index (χ2v) is 5.34. The zero-order chi connectivity index (χ0) is 15.9. The first kappa shape index (κ1) is 18.1. The van der Waals surface area contributed by atoms with Crippen LogP contribution in [0.3, 0.4) is 0 Å². The molecule has 1 N–H and O–H groups in total. The fourth-order valence-corrected chi connectivity index (χ4v) is 2.08. The summed E-state index contributed by atoms with van der Waals surface area (Å²) in [6.45, 7) is 5.03. The molecule has 1 aromatic carbocycles. The Morgan fingerprint density at radius 3 is 2.62 bits per heavy atom. The fourth-order valence-electron chi connectivity index (χ4n) is 1.84. The third kappa shape index (κ3) is 7.05. The maximum atomic E-state index is 12.0. The highest BCUT2D eigenvalue weighted by atomic mass is 35.5. The molecule has 0 amide bonds. The number of rotatable bonds is 8. The minimum atomic E-state index is -4.14. The van der Waals surface area contributed by atoms with Gasteiger partial charge in [0.05, 0.1) is 11.6 Å². The zero-order valence-corrected chi connectivity index (χ0v) is 13.0. The number of nitrogens with one attached hydrogen (secondary N) is 1. The summed E-state index contributed by atoms with van der Waals surface area (Å²) in [5, 5.41) is 3.76. The average Bonchev–Trinajstić information content (AvgIpc) is 2.41. The minimum absolute atomic E-state index is 0.00220. The van der Waals surface area contributed by atoms with E-state index >= 15 is 0 Å². The van der Waals surface area contributed by atoms with E-state index in [2.05, 4.69) is 12.2 Å². The molecule has 0 saturated heterocycles. The van der Waals surface area contributed by atoms with Crippen molar-refractivity contribution in [2.75, 3.05) is 13.2 Å². The lowest BCUT2D eigenvalue weighted by Gasteiger charge is -2.15. The SMILES string of the molecule is CCCNC(C)c1ccc(OCCCC(F)(F)F)c(Cl)c1. The van der Waals surface area contributed by atoms with Crippen LogP contribution < -0.4 is 10.1 Å². The van der Waals surface area contributed by atoms with E-state index in [1.165, 1.54) is 0 Å². The fraction of sp³-hybridized carbons (Fsp3) is 0.600. The molecule has 0 heterocycles. The van der Waals surface area contributed by atoms with Crippen LogP contribution in [0.15, 0.2) is 18.2 Å². The molecular weight excluding hydrogens is 303 g/mol. The normalized spacial score (nSPS) is 13.2. The van der Waals surface area contributed by atoms with Crippen molar-refractivity contribution in [3.63, 3.8) is 0 Å². The molecule has 6 heteroatoms. The van der Waals surface area contributed by atoms with Gasteiger partial charge in [0.25, 0.3) is 0 Å². The Balaban J connectivity index is 2.50. The third-order valence-electron chi connectivity index (χ3n) is 3.02. The summed E-state index contributed by atoms with van der Waals surface area (Å²) in [5.41, 5.74) is 1.02. The summed E-state index contributed by atoms with van der Waals surface area (Å²) in [6, 6.07) is 5.53. The lowest BCUT2D eigenvalue weighted by atomic mass is 10.1. The smallest absolute Gasteiger partial charge is 0.389 e. The van der Waals surface area contributed by atoms with Gasteiger partial charge in [0.1, 0.15) is 5.75 Å². The topological polar surface area (TPSA) is 21.3 Å². The summed E-state index contributed by atoms with van der Waals surface area (Å²) in [5.74, 6) is 0.422. The second kappa shape index (κ2) is 8.49. The van der Waals surface area contributed by atoms with Crippen molar-refractivity contribution in [1.29, 1.82) is 0 Å². The maximum absolute atomic E-state index is 12.0. The third-order valence-corrected chi connectivity index (χ3v) is 3.31. The van der Waals surface area contributed by atoms with Gasteiger partial charge in [0.15, 0.2) is 0 Å². The monoisotopic (exact) mass is 323 g/mol. The molecule has 0 aliphatic rings. The maximum Gasteiger partial charge on any atom is 0.389 e. The van der Waals surface area contributed by atoms with E-state index in [9.17, 15) is 13.2 Å². The molecule has 0 aliphatic heterocycles. The van der Waals surface area contributed by atoms with Crippen LogP contribution >= 0.6 is 11.6 Å². The highest BCUT2D eigenvalue weighted by Gasteiger charge is 2.26. The average molecular weight is 324 g/mol. The standard InChI is InChI=1S/C15H21ClF3NO/c1-3-8-20-11(2)12-5-6-14(13(16)10-12)21-9-4-7-15(17,18)19/h5-6,10-11,20H,3-4,7-9H2,1-2H3. The number of ether oxygens (including phenoxy) is 1. The van der Waals surface area contributed by atoms with Crippen LogP contribution in [-0.4, -0.2) is 19.3 Å². The minimum Gasteiger partial charge on any atom is -0.492 e. The second-order valence-electron chi connectivity index (χ2n) is 4.93. The van der Waals surface area contributed by atoms with Gasteiger partial charge in [-0.1, -0.05) is 24.6 Å². The lowest BCUT2D eigenvalue weighted by molar-refractivity contribution is -0.136. The van der Waals surface area contributed by atoms with Gasteiger partial charge in [-0.3, -0.25) is 0 Å². The summed E-state index contributed by atoms with van der Waals surface area (Å²) in [6.07, 6.45) is -4.02. The molecule has 0 radical (unpaired) electrons. The van der Waals surface area contributed by atoms with Gasteiger partial charge in [0, 0.05) is 12.5 Å². The Hall–Kier alpha value is -0.940. The van der Waals surface area contributed by atoms with Crippen LogP contribution in [-0.2, 0) is 0 Å². The van der Waals surface area contributed by atoms with Crippen molar-refractivity contribution < 1.29 is 17.9 Å². The Kier molecular flexibility index (Phi) is 7.32. The predicted octanol–water partition coefficient (Wildman–Crippen LogP) is 5.12. The van der Waals surface area contributed by atoms with Crippen molar-refractivity contribution in [2.45, 2.75) is 45.3 Å². The highest BCUT2D eigenvalue weighted by molar-refractivity contribution is 6.32. The van der Waals surface area contributed by atoms with Crippen molar-refractivity contribution in [3.8, 4) is 5.75 Å². The molecule has 120 valence electrons. The number of halogens is 4. The van der Waals surface area contributed by atoms with Crippen LogP contribution in [0.5, 0.6) is 5.75 Å². The van der Waals surface area contributed by atoms with Crippen LogP contribution in [0.25, 0.3) is 0 Å². The van der Waals surface area contributed by atoms with Gasteiger partial charge < -0.3 is 10.1 Å². The van der Waals surface area contributed by atoms with Crippen molar-refractivity contribution in [3.05, 3.63) is 28.8 Å². The van der Waals surface area contributed by atoms with Gasteiger partial charge in [-0.2, -0.15) is 13.2 Å². The molecule has 1 unspecified atom stereocenters.